The molecule has 2 nitrogen and oxygen atoms in total. The molecule has 2 atom stereocenters. The molecule has 0 saturated heterocycles. The third kappa shape index (κ3) is 4.20. The maximum absolute atomic E-state index is 13.5. The van der Waals surface area contributed by atoms with Gasteiger partial charge < -0.3 is 10.4 Å². The van der Waals surface area contributed by atoms with Gasteiger partial charge in [0.1, 0.15) is 5.82 Å². The van der Waals surface area contributed by atoms with E-state index in [0.29, 0.717) is 18.5 Å². The highest BCUT2D eigenvalue weighted by Gasteiger charge is 2.10. The van der Waals surface area contributed by atoms with Crippen molar-refractivity contribution in [3.05, 3.63) is 34.1 Å². The Morgan fingerprint density at radius 2 is 2.12 bits per heavy atom. The van der Waals surface area contributed by atoms with Crippen LogP contribution in [0.25, 0.3) is 0 Å². The fourth-order valence-corrected chi connectivity index (χ4v) is 1.84. The molecule has 2 unspecified atom stereocenters. The molecule has 1 aromatic carbocycles. The Hall–Kier alpha value is -0.450. The van der Waals surface area contributed by atoms with E-state index in [4.69, 9.17) is 5.11 Å². The lowest BCUT2D eigenvalue weighted by Gasteiger charge is -2.16. The van der Waals surface area contributed by atoms with E-state index in [-0.39, 0.29) is 18.0 Å². The van der Waals surface area contributed by atoms with Crippen LogP contribution in [0.3, 0.4) is 0 Å². The molecule has 4 heteroatoms. The molecular formula is C12H17BrFNO. The Bertz CT molecular complexity index is 344. The first-order chi connectivity index (χ1) is 7.50. The van der Waals surface area contributed by atoms with E-state index in [2.05, 4.69) is 21.2 Å². The van der Waals surface area contributed by atoms with Gasteiger partial charge in [0.2, 0.25) is 0 Å². The van der Waals surface area contributed by atoms with Crippen molar-refractivity contribution >= 4 is 15.9 Å². The molecule has 0 saturated carbocycles. The third-order valence-corrected chi connectivity index (χ3v) is 2.93. The number of rotatable bonds is 5. The fourth-order valence-electron chi connectivity index (χ4n) is 1.47. The van der Waals surface area contributed by atoms with E-state index in [1.807, 2.05) is 6.92 Å². The van der Waals surface area contributed by atoms with Crippen LogP contribution in [0.15, 0.2) is 22.7 Å². The summed E-state index contributed by atoms with van der Waals surface area (Å²) in [5.74, 6) is -0.208. The summed E-state index contributed by atoms with van der Waals surface area (Å²) in [5, 5.41) is 12.3. The standard InChI is InChI=1S/C12H17BrFNO/c1-8(16)5-6-15-9(2)11-7-10(13)3-4-12(11)14/h3-4,7-9,15-16H,5-6H2,1-2H3. The van der Waals surface area contributed by atoms with E-state index < -0.39 is 0 Å². The molecule has 0 bridgehead atoms. The summed E-state index contributed by atoms with van der Waals surface area (Å²) < 4.78 is 14.4. The van der Waals surface area contributed by atoms with E-state index >= 15 is 0 Å². The second-order valence-corrected chi connectivity index (χ2v) is 4.90. The van der Waals surface area contributed by atoms with Gasteiger partial charge in [-0.25, -0.2) is 4.39 Å². The fraction of sp³-hybridized carbons (Fsp3) is 0.500. The normalized spacial score (nSPS) is 14.8. The topological polar surface area (TPSA) is 32.3 Å². The van der Waals surface area contributed by atoms with Gasteiger partial charge in [-0.15, -0.1) is 0 Å². The average Bonchev–Trinajstić information content (AvgIpc) is 2.21. The largest absolute Gasteiger partial charge is 0.393 e. The molecule has 16 heavy (non-hydrogen) atoms. The summed E-state index contributed by atoms with van der Waals surface area (Å²) >= 11 is 3.32. The molecule has 0 amide bonds. The molecule has 0 aliphatic carbocycles. The predicted molar refractivity (Wildman–Crippen MR) is 66.8 cm³/mol. The van der Waals surface area contributed by atoms with Gasteiger partial charge in [-0.05, 0) is 45.0 Å². The van der Waals surface area contributed by atoms with Crippen molar-refractivity contribution in [1.82, 2.24) is 5.32 Å². The van der Waals surface area contributed by atoms with Crippen molar-refractivity contribution < 1.29 is 9.50 Å². The zero-order chi connectivity index (χ0) is 12.1. The molecular weight excluding hydrogens is 273 g/mol. The first kappa shape index (κ1) is 13.6. The quantitative estimate of drug-likeness (QED) is 0.873. The van der Waals surface area contributed by atoms with Crippen molar-refractivity contribution in [3.8, 4) is 0 Å². The summed E-state index contributed by atoms with van der Waals surface area (Å²) in [5.41, 5.74) is 0.639. The highest BCUT2D eigenvalue weighted by atomic mass is 79.9. The van der Waals surface area contributed by atoms with Crippen LogP contribution in [0.2, 0.25) is 0 Å². The number of aliphatic hydroxyl groups is 1. The van der Waals surface area contributed by atoms with E-state index in [9.17, 15) is 4.39 Å². The number of benzene rings is 1. The van der Waals surface area contributed by atoms with Gasteiger partial charge in [-0.1, -0.05) is 15.9 Å². The summed E-state index contributed by atoms with van der Waals surface area (Å²) in [6.45, 7) is 4.32. The van der Waals surface area contributed by atoms with Crippen molar-refractivity contribution in [2.75, 3.05) is 6.54 Å². The first-order valence-corrected chi connectivity index (χ1v) is 6.16. The van der Waals surface area contributed by atoms with Gasteiger partial charge in [0.05, 0.1) is 6.10 Å². The van der Waals surface area contributed by atoms with Crippen LogP contribution in [0.5, 0.6) is 0 Å². The number of halogens is 2. The number of hydrogen-bond acceptors (Lipinski definition) is 2. The number of aliphatic hydroxyl groups excluding tert-OH is 1. The minimum absolute atomic E-state index is 0.0590. The van der Waals surface area contributed by atoms with E-state index in [1.54, 1.807) is 19.1 Å². The van der Waals surface area contributed by atoms with Crippen LogP contribution in [0.1, 0.15) is 31.9 Å². The van der Waals surface area contributed by atoms with Crippen molar-refractivity contribution in [1.29, 1.82) is 0 Å². The monoisotopic (exact) mass is 289 g/mol. The van der Waals surface area contributed by atoms with Crippen molar-refractivity contribution in [3.63, 3.8) is 0 Å². The molecule has 0 aliphatic heterocycles. The average molecular weight is 290 g/mol. The number of nitrogens with one attached hydrogen (secondary N) is 1. The SMILES string of the molecule is CC(O)CCNC(C)c1cc(Br)ccc1F. The summed E-state index contributed by atoms with van der Waals surface area (Å²) in [4.78, 5) is 0. The van der Waals surface area contributed by atoms with E-state index in [0.717, 1.165) is 4.47 Å². The second-order valence-electron chi connectivity index (χ2n) is 3.98. The van der Waals surface area contributed by atoms with E-state index in [1.165, 1.54) is 6.07 Å². The zero-order valence-corrected chi connectivity index (χ0v) is 11.1. The van der Waals surface area contributed by atoms with Gasteiger partial charge >= 0.3 is 0 Å². The maximum Gasteiger partial charge on any atom is 0.128 e. The highest BCUT2D eigenvalue weighted by molar-refractivity contribution is 9.10. The van der Waals surface area contributed by atoms with Crippen LogP contribution in [0.4, 0.5) is 4.39 Å². The van der Waals surface area contributed by atoms with Gasteiger partial charge in [-0.3, -0.25) is 0 Å². The van der Waals surface area contributed by atoms with Crippen LogP contribution < -0.4 is 5.32 Å². The first-order valence-electron chi connectivity index (χ1n) is 5.37. The molecule has 1 aromatic rings. The lowest BCUT2D eigenvalue weighted by atomic mass is 10.1. The molecule has 2 N–H and O–H groups in total. The Kier molecular flexibility index (Phi) is 5.38. The number of hydrogen-bond donors (Lipinski definition) is 2. The molecule has 0 aromatic heterocycles. The minimum atomic E-state index is -0.327. The zero-order valence-electron chi connectivity index (χ0n) is 9.50. The van der Waals surface area contributed by atoms with Gasteiger partial charge in [0.25, 0.3) is 0 Å². The lowest BCUT2D eigenvalue weighted by Crippen LogP contribution is -2.23. The minimum Gasteiger partial charge on any atom is -0.393 e. The van der Waals surface area contributed by atoms with Gasteiger partial charge in [-0.2, -0.15) is 0 Å². The van der Waals surface area contributed by atoms with Crippen molar-refractivity contribution in [2.24, 2.45) is 0 Å². The molecule has 0 fully saturated rings. The maximum atomic E-state index is 13.5. The van der Waals surface area contributed by atoms with Gasteiger partial charge in [0, 0.05) is 16.1 Å². The Morgan fingerprint density at radius 3 is 2.75 bits per heavy atom. The van der Waals surface area contributed by atoms with Crippen LogP contribution in [0, 0.1) is 5.82 Å². The van der Waals surface area contributed by atoms with Crippen LogP contribution in [-0.2, 0) is 0 Å². The van der Waals surface area contributed by atoms with Crippen LogP contribution in [-0.4, -0.2) is 17.8 Å². The predicted octanol–water partition coefficient (Wildman–Crippen LogP) is 3.01. The van der Waals surface area contributed by atoms with Gasteiger partial charge in [0.15, 0.2) is 0 Å². The summed E-state index contributed by atoms with van der Waals surface area (Å²) in [6, 6.07) is 4.85. The Morgan fingerprint density at radius 1 is 1.44 bits per heavy atom. The molecule has 1 rings (SSSR count). The summed E-state index contributed by atoms with van der Waals surface area (Å²) in [6.07, 6.45) is 0.340. The molecule has 90 valence electrons. The third-order valence-electron chi connectivity index (χ3n) is 2.44. The molecule has 0 spiro atoms. The second kappa shape index (κ2) is 6.33. The highest BCUT2D eigenvalue weighted by Crippen LogP contribution is 2.21. The Balaban J connectivity index is 2.58. The summed E-state index contributed by atoms with van der Waals surface area (Å²) in [7, 11) is 0. The molecule has 0 aliphatic rings. The molecule has 0 radical (unpaired) electrons. The molecule has 0 heterocycles. The lowest BCUT2D eigenvalue weighted by molar-refractivity contribution is 0.182. The van der Waals surface area contributed by atoms with Crippen LogP contribution >= 0.6 is 15.9 Å². The Labute approximate surface area is 104 Å². The smallest absolute Gasteiger partial charge is 0.128 e. The van der Waals surface area contributed by atoms with Crippen molar-refractivity contribution in [2.45, 2.75) is 32.4 Å².